The van der Waals surface area contributed by atoms with Gasteiger partial charge in [0.25, 0.3) is 0 Å². The first-order valence-electron chi connectivity index (χ1n) is 2.94. The van der Waals surface area contributed by atoms with Crippen LogP contribution in [0.5, 0.6) is 0 Å². The Hall–Kier alpha value is -0.670. The summed E-state index contributed by atoms with van der Waals surface area (Å²) in [4.78, 5) is 3.97. The van der Waals surface area contributed by atoms with E-state index in [0.29, 0.717) is 6.54 Å². The van der Waals surface area contributed by atoms with Crippen LogP contribution < -0.4 is 5.73 Å². The Labute approximate surface area is 76.4 Å². The Morgan fingerprint density at radius 2 is 2.09 bits per heavy atom. The second-order valence-electron chi connectivity index (χ2n) is 1.61. The largest absolute Gasteiger partial charge is 0.325 e. The zero-order chi connectivity index (χ0) is 8.53. The molecule has 0 saturated heterocycles. The third kappa shape index (κ3) is 5.76. The van der Waals surface area contributed by atoms with Crippen molar-refractivity contribution in [3.8, 4) is 0 Å². The van der Waals surface area contributed by atoms with E-state index in [9.17, 15) is 0 Å². The zero-order valence-corrected chi connectivity index (χ0v) is 7.49. The minimum absolute atomic E-state index is 0.529. The number of thiocarbonyl (C=S) groups is 2. The molecular formula is C7H8N2S2. The number of nitrogens with two attached hydrogens (primary N) is 1. The predicted octanol–water partition coefficient (Wildman–Crippen LogP) is 1.56. The van der Waals surface area contributed by atoms with Crippen molar-refractivity contribution in [1.29, 1.82) is 0 Å². The highest BCUT2D eigenvalue weighted by molar-refractivity contribution is 7.93. The molecule has 4 heteroatoms. The highest BCUT2D eigenvalue weighted by atomic mass is 32.1. The molecule has 2 nitrogen and oxygen atoms in total. The van der Waals surface area contributed by atoms with E-state index in [2.05, 4.69) is 29.4 Å². The van der Waals surface area contributed by atoms with E-state index >= 15 is 0 Å². The second kappa shape index (κ2) is 7.44. The quantitative estimate of drug-likeness (QED) is 0.672. The topological polar surface area (TPSA) is 38.9 Å². The van der Waals surface area contributed by atoms with Crippen LogP contribution in [0.2, 0.25) is 0 Å². The van der Waals surface area contributed by atoms with Crippen molar-refractivity contribution in [2.45, 2.75) is 6.54 Å². The van der Waals surface area contributed by atoms with Gasteiger partial charge >= 0.3 is 0 Å². The zero-order valence-electron chi connectivity index (χ0n) is 5.86. The molecule has 1 aromatic heterocycles. The Morgan fingerprint density at radius 1 is 1.45 bits per heavy atom. The standard InChI is InChI=1S/C6H8N2.CS2/c7-5-6-3-1-2-4-8-6;2-1-3/h1-4H,5,7H2;. The molecule has 1 heterocycles. The minimum Gasteiger partial charge on any atom is -0.325 e. The fraction of sp³-hybridized carbons (Fsp3) is 0.143. The first-order chi connectivity index (χ1) is 5.35. The number of aromatic nitrogens is 1. The molecule has 0 bridgehead atoms. The number of pyridine rings is 1. The van der Waals surface area contributed by atoms with Crippen LogP contribution in [0.4, 0.5) is 0 Å². The Morgan fingerprint density at radius 3 is 2.36 bits per heavy atom. The summed E-state index contributed by atoms with van der Waals surface area (Å²) in [6, 6.07) is 5.70. The number of nitrogens with zero attached hydrogens (tertiary/aromatic N) is 1. The van der Waals surface area contributed by atoms with Crippen LogP contribution in [0, 0.1) is 0 Å². The second-order valence-corrected chi connectivity index (χ2v) is 2.28. The molecule has 58 valence electrons. The van der Waals surface area contributed by atoms with Gasteiger partial charge in [0.05, 0.1) is 5.69 Å². The lowest BCUT2D eigenvalue weighted by molar-refractivity contribution is 0.991. The molecule has 1 aromatic rings. The Balaban J connectivity index is 0.000000292. The first-order valence-corrected chi connectivity index (χ1v) is 3.76. The maximum Gasteiger partial charge on any atom is 0.0539 e. The van der Waals surface area contributed by atoms with Crippen molar-refractivity contribution in [3.63, 3.8) is 0 Å². The normalized spacial score (nSPS) is 7.36. The van der Waals surface area contributed by atoms with Gasteiger partial charge in [-0.2, -0.15) is 0 Å². The monoisotopic (exact) mass is 184 g/mol. The van der Waals surface area contributed by atoms with Gasteiger partial charge in [-0.25, -0.2) is 0 Å². The van der Waals surface area contributed by atoms with E-state index in [1.54, 1.807) is 6.20 Å². The molecule has 0 fully saturated rings. The molecule has 0 amide bonds. The lowest BCUT2D eigenvalue weighted by Gasteiger charge is -1.89. The molecule has 0 radical (unpaired) electrons. The van der Waals surface area contributed by atoms with Gasteiger partial charge in [-0.15, -0.1) is 0 Å². The molecule has 11 heavy (non-hydrogen) atoms. The van der Waals surface area contributed by atoms with Crippen LogP contribution >= 0.6 is 24.4 Å². The van der Waals surface area contributed by atoms with Crippen molar-refractivity contribution in [1.82, 2.24) is 4.98 Å². The number of hydrogen-bond acceptors (Lipinski definition) is 4. The van der Waals surface area contributed by atoms with Crippen LogP contribution in [0.15, 0.2) is 24.4 Å². The lowest BCUT2D eigenvalue weighted by atomic mass is 10.4. The summed E-state index contributed by atoms with van der Waals surface area (Å²) in [6.07, 6.45) is 1.74. The van der Waals surface area contributed by atoms with Crippen LogP contribution in [0.1, 0.15) is 5.69 Å². The molecule has 0 unspecified atom stereocenters. The smallest absolute Gasteiger partial charge is 0.0539 e. The van der Waals surface area contributed by atoms with Gasteiger partial charge < -0.3 is 5.73 Å². The highest BCUT2D eigenvalue weighted by Crippen LogP contribution is 1.88. The van der Waals surface area contributed by atoms with Crippen molar-refractivity contribution in [3.05, 3.63) is 30.1 Å². The van der Waals surface area contributed by atoms with Gasteiger partial charge in [0.15, 0.2) is 0 Å². The summed E-state index contributed by atoms with van der Waals surface area (Å²) in [7, 11) is 0. The lowest BCUT2D eigenvalue weighted by Crippen LogP contribution is -1.97. The van der Waals surface area contributed by atoms with Gasteiger partial charge in [0.2, 0.25) is 0 Å². The van der Waals surface area contributed by atoms with Crippen molar-refractivity contribution >= 4 is 28.7 Å². The average molecular weight is 184 g/mol. The Kier molecular flexibility index (Phi) is 6.98. The molecule has 0 atom stereocenters. The van der Waals surface area contributed by atoms with Crippen LogP contribution in [-0.2, 0) is 6.54 Å². The molecule has 0 saturated carbocycles. The van der Waals surface area contributed by atoms with Crippen molar-refractivity contribution in [2.75, 3.05) is 0 Å². The van der Waals surface area contributed by atoms with Gasteiger partial charge in [-0.1, -0.05) is 6.07 Å². The molecule has 1 rings (SSSR count). The minimum atomic E-state index is 0.529. The average Bonchev–Trinajstić information content (AvgIpc) is 2.08. The van der Waals surface area contributed by atoms with Crippen molar-refractivity contribution < 1.29 is 0 Å². The fourth-order valence-electron chi connectivity index (χ4n) is 0.519. The molecule has 0 aromatic carbocycles. The fourth-order valence-corrected chi connectivity index (χ4v) is 0.519. The predicted molar refractivity (Wildman–Crippen MR) is 52.3 cm³/mol. The van der Waals surface area contributed by atoms with E-state index < -0.39 is 0 Å². The first kappa shape index (κ1) is 10.3. The maximum absolute atomic E-state index is 5.29. The molecule has 0 spiro atoms. The van der Waals surface area contributed by atoms with E-state index in [-0.39, 0.29) is 0 Å². The highest BCUT2D eigenvalue weighted by Gasteiger charge is 1.81. The third-order valence-electron chi connectivity index (χ3n) is 0.935. The van der Waals surface area contributed by atoms with E-state index in [4.69, 9.17) is 5.73 Å². The van der Waals surface area contributed by atoms with Crippen LogP contribution in [0.3, 0.4) is 0 Å². The number of rotatable bonds is 1. The Bertz CT molecular complexity index is 217. The molecular weight excluding hydrogens is 176 g/mol. The summed E-state index contributed by atoms with van der Waals surface area (Å²) in [5.74, 6) is 0. The van der Waals surface area contributed by atoms with E-state index in [0.717, 1.165) is 5.69 Å². The SMILES string of the molecule is NCc1ccccn1.S=C=S. The maximum atomic E-state index is 5.29. The van der Waals surface area contributed by atoms with Gasteiger partial charge in [-0.05, 0) is 36.6 Å². The molecule has 0 aliphatic carbocycles. The number of hydrogen-bond donors (Lipinski definition) is 1. The third-order valence-corrected chi connectivity index (χ3v) is 0.935. The summed E-state index contributed by atoms with van der Waals surface area (Å²) in [6.45, 7) is 0.529. The summed E-state index contributed by atoms with van der Waals surface area (Å²) < 4.78 is 1.92. The summed E-state index contributed by atoms with van der Waals surface area (Å²) >= 11 is 7.92. The van der Waals surface area contributed by atoms with E-state index in [1.807, 2.05) is 22.5 Å². The van der Waals surface area contributed by atoms with Crippen LogP contribution in [0.25, 0.3) is 0 Å². The van der Waals surface area contributed by atoms with Crippen molar-refractivity contribution in [2.24, 2.45) is 5.73 Å². The molecule has 2 N–H and O–H groups in total. The summed E-state index contributed by atoms with van der Waals surface area (Å²) in [5, 5.41) is 0. The van der Waals surface area contributed by atoms with Gasteiger partial charge in [0.1, 0.15) is 0 Å². The van der Waals surface area contributed by atoms with E-state index in [1.165, 1.54) is 0 Å². The summed E-state index contributed by atoms with van der Waals surface area (Å²) in [5.41, 5.74) is 6.22. The van der Waals surface area contributed by atoms with Crippen LogP contribution in [-0.4, -0.2) is 9.30 Å². The van der Waals surface area contributed by atoms with Gasteiger partial charge in [-0.3, -0.25) is 4.98 Å². The van der Waals surface area contributed by atoms with Gasteiger partial charge in [0, 0.05) is 17.1 Å². The molecule has 0 aliphatic heterocycles. The molecule has 0 aliphatic rings.